The number of hydrogen-bond acceptors (Lipinski definition) is 4. The molecule has 5 nitrogen and oxygen atoms in total. The second kappa shape index (κ2) is 5.21. The molecule has 1 rings (SSSR count). The summed E-state index contributed by atoms with van der Waals surface area (Å²) in [5.74, 6) is -0.184. The fourth-order valence-corrected chi connectivity index (χ4v) is 0.820. The van der Waals surface area contributed by atoms with Crippen molar-refractivity contribution in [1.29, 1.82) is 0 Å². The van der Waals surface area contributed by atoms with Crippen LogP contribution in [0.3, 0.4) is 0 Å². The van der Waals surface area contributed by atoms with E-state index in [0.717, 1.165) is 6.42 Å². The minimum absolute atomic E-state index is 0.184. The number of carbonyl (C=O) groups is 1. The van der Waals surface area contributed by atoms with Crippen LogP contribution in [0.4, 0.5) is 0 Å². The van der Waals surface area contributed by atoms with Gasteiger partial charge in [-0.05, 0) is 19.0 Å². The van der Waals surface area contributed by atoms with Crippen molar-refractivity contribution in [2.75, 3.05) is 13.1 Å². The van der Waals surface area contributed by atoms with Gasteiger partial charge in [-0.15, -0.1) is 0 Å². The van der Waals surface area contributed by atoms with Crippen LogP contribution in [0.15, 0.2) is 18.6 Å². The Bertz CT molecular complexity index is 262. The Balaban J connectivity index is 2.40. The van der Waals surface area contributed by atoms with Crippen molar-refractivity contribution in [2.45, 2.75) is 6.42 Å². The Labute approximate surface area is 76.4 Å². The summed E-state index contributed by atoms with van der Waals surface area (Å²) in [4.78, 5) is 18.8. The van der Waals surface area contributed by atoms with Crippen LogP contribution in [-0.2, 0) is 0 Å². The largest absolute Gasteiger partial charge is 0.351 e. The van der Waals surface area contributed by atoms with E-state index in [2.05, 4.69) is 15.3 Å². The molecule has 0 fully saturated rings. The third-order valence-electron chi connectivity index (χ3n) is 1.48. The Morgan fingerprint density at radius 3 is 3.08 bits per heavy atom. The number of nitrogens with one attached hydrogen (secondary N) is 1. The molecule has 0 aliphatic carbocycles. The summed E-state index contributed by atoms with van der Waals surface area (Å²) < 4.78 is 0. The molecule has 0 aliphatic rings. The van der Waals surface area contributed by atoms with Gasteiger partial charge >= 0.3 is 0 Å². The van der Waals surface area contributed by atoms with Gasteiger partial charge in [-0.25, -0.2) is 9.97 Å². The maximum absolute atomic E-state index is 11.3. The standard InChI is InChI=1S/C8H12N4O/c9-3-1-4-11-8(13)7-2-5-10-6-12-7/h2,5-6H,1,3-4,9H2,(H,11,13). The van der Waals surface area contributed by atoms with Gasteiger partial charge in [0.15, 0.2) is 0 Å². The Hall–Kier alpha value is -1.49. The SMILES string of the molecule is NCCCNC(=O)c1ccncn1. The Morgan fingerprint density at radius 2 is 2.46 bits per heavy atom. The highest BCUT2D eigenvalue weighted by Gasteiger charge is 2.03. The van der Waals surface area contributed by atoms with Gasteiger partial charge in [0.1, 0.15) is 12.0 Å². The van der Waals surface area contributed by atoms with E-state index < -0.39 is 0 Å². The van der Waals surface area contributed by atoms with Crippen molar-refractivity contribution in [3.8, 4) is 0 Å². The lowest BCUT2D eigenvalue weighted by molar-refractivity contribution is 0.0948. The number of nitrogens with two attached hydrogens (primary N) is 1. The van der Waals surface area contributed by atoms with Crippen molar-refractivity contribution in [1.82, 2.24) is 15.3 Å². The van der Waals surface area contributed by atoms with Crippen LogP contribution < -0.4 is 11.1 Å². The summed E-state index contributed by atoms with van der Waals surface area (Å²) in [5.41, 5.74) is 5.66. The van der Waals surface area contributed by atoms with E-state index in [-0.39, 0.29) is 5.91 Å². The predicted molar refractivity (Wildman–Crippen MR) is 48.0 cm³/mol. The Kier molecular flexibility index (Phi) is 3.84. The zero-order valence-corrected chi connectivity index (χ0v) is 7.23. The molecule has 0 bridgehead atoms. The third kappa shape index (κ3) is 3.16. The second-order valence-corrected chi connectivity index (χ2v) is 2.49. The van der Waals surface area contributed by atoms with Gasteiger partial charge in [0.2, 0.25) is 0 Å². The van der Waals surface area contributed by atoms with E-state index in [1.54, 1.807) is 6.07 Å². The predicted octanol–water partition coefficient (Wildman–Crippen LogP) is -0.445. The van der Waals surface area contributed by atoms with E-state index in [0.29, 0.717) is 18.8 Å². The van der Waals surface area contributed by atoms with Gasteiger partial charge in [0, 0.05) is 12.7 Å². The smallest absolute Gasteiger partial charge is 0.270 e. The molecule has 13 heavy (non-hydrogen) atoms. The average molecular weight is 180 g/mol. The molecule has 0 atom stereocenters. The fourth-order valence-electron chi connectivity index (χ4n) is 0.820. The molecule has 3 N–H and O–H groups in total. The molecule has 1 amide bonds. The van der Waals surface area contributed by atoms with Crippen molar-refractivity contribution in [3.63, 3.8) is 0 Å². The normalized spacial score (nSPS) is 9.62. The molecule has 0 saturated carbocycles. The first-order valence-electron chi connectivity index (χ1n) is 4.09. The molecular weight excluding hydrogens is 168 g/mol. The first-order chi connectivity index (χ1) is 6.34. The van der Waals surface area contributed by atoms with Gasteiger partial charge in [0.05, 0.1) is 0 Å². The highest BCUT2D eigenvalue weighted by atomic mass is 16.1. The van der Waals surface area contributed by atoms with Crippen LogP contribution in [0.25, 0.3) is 0 Å². The zero-order chi connectivity index (χ0) is 9.52. The van der Waals surface area contributed by atoms with Gasteiger partial charge < -0.3 is 11.1 Å². The van der Waals surface area contributed by atoms with Gasteiger partial charge in [-0.3, -0.25) is 4.79 Å². The van der Waals surface area contributed by atoms with Crippen LogP contribution in [0.1, 0.15) is 16.9 Å². The number of nitrogens with zero attached hydrogens (tertiary/aromatic N) is 2. The molecule has 70 valence electrons. The molecule has 1 heterocycles. The number of aromatic nitrogens is 2. The van der Waals surface area contributed by atoms with E-state index >= 15 is 0 Å². The summed E-state index contributed by atoms with van der Waals surface area (Å²) in [6.07, 6.45) is 3.65. The molecule has 1 aromatic rings. The lowest BCUT2D eigenvalue weighted by atomic mass is 10.3. The number of carbonyl (C=O) groups excluding carboxylic acids is 1. The van der Waals surface area contributed by atoms with E-state index in [1.807, 2.05) is 0 Å². The molecule has 0 unspecified atom stereocenters. The minimum Gasteiger partial charge on any atom is -0.351 e. The monoisotopic (exact) mass is 180 g/mol. The topological polar surface area (TPSA) is 80.9 Å². The van der Waals surface area contributed by atoms with Crippen molar-refractivity contribution in [3.05, 3.63) is 24.3 Å². The van der Waals surface area contributed by atoms with Crippen molar-refractivity contribution in [2.24, 2.45) is 5.73 Å². The van der Waals surface area contributed by atoms with Crippen molar-refractivity contribution < 1.29 is 4.79 Å². The molecule has 1 aromatic heterocycles. The molecule has 5 heteroatoms. The van der Waals surface area contributed by atoms with Gasteiger partial charge in [-0.1, -0.05) is 0 Å². The summed E-state index contributed by atoms with van der Waals surface area (Å²) in [6.45, 7) is 1.16. The van der Waals surface area contributed by atoms with E-state index in [4.69, 9.17) is 5.73 Å². The Morgan fingerprint density at radius 1 is 1.62 bits per heavy atom. The second-order valence-electron chi connectivity index (χ2n) is 2.49. The van der Waals surface area contributed by atoms with E-state index in [9.17, 15) is 4.79 Å². The molecule has 0 aliphatic heterocycles. The maximum atomic E-state index is 11.3. The summed E-state index contributed by atoms with van der Waals surface area (Å²) in [5, 5.41) is 2.69. The van der Waals surface area contributed by atoms with Crippen LogP contribution in [0.2, 0.25) is 0 Å². The van der Waals surface area contributed by atoms with Gasteiger partial charge in [0.25, 0.3) is 5.91 Å². The zero-order valence-electron chi connectivity index (χ0n) is 7.23. The molecular formula is C8H12N4O. The molecule has 0 saturated heterocycles. The summed E-state index contributed by atoms with van der Waals surface area (Å²) in [7, 11) is 0. The van der Waals surface area contributed by atoms with Gasteiger partial charge in [-0.2, -0.15) is 0 Å². The third-order valence-corrected chi connectivity index (χ3v) is 1.48. The lowest BCUT2D eigenvalue weighted by Crippen LogP contribution is -2.26. The van der Waals surface area contributed by atoms with Crippen LogP contribution >= 0.6 is 0 Å². The fraction of sp³-hybridized carbons (Fsp3) is 0.375. The van der Waals surface area contributed by atoms with Crippen LogP contribution in [0, 0.1) is 0 Å². The first-order valence-corrected chi connectivity index (χ1v) is 4.09. The average Bonchev–Trinajstić information content (AvgIpc) is 2.19. The number of amides is 1. The molecule has 0 spiro atoms. The van der Waals surface area contributed by atoms with Crippen molar-refractivity contribution >= 4 is 5.91 Å². The number of hydrogen-bond donors (Lipinski definition) is 2. The van der Waals surface area contributed by atoms with Crippen LogP contribution in [0.5, 0.6) is 0 Å². The first kappa shape index (κ1) is 9.60. The molecule has 0 radical (unpaired) electrons. The van der Waals surface area contributed by atoms with Crippen LogP contribution in [-0.4, -0.2) is 29.0 Å². The lowest BCUT2D eigenvalue weighted by Gasteiger charge is -2.01. The minimum atomic E-state index is -0.184. The molecule has 0 aromatic carbocycles. The summed E-state index contributed by atoms with van der Waals surface area (Å²) in [6, 6.07) is 1.57. The quantitative estimate of drug-likeness (QED) is 0.615. The summed E-state index contributed by atoms with van der Waals surface area (Å²) >= 11 is 0. The highest BCUT2D eigenvalue weighted by Crippen LogP contribution is 1.89. The highest BCUT2D eigenvalue weighted by molar-refractivity contribution is 5.91. The number of rotatable bonds is 4. The maximum Gasteiger partial charge on any atom is 0.270 e. The van der Waals surface area contributed by atoms with E-state index in [1.165, 1.54) is 12.5 Å².